The van der Waals surface area contributed by atoms with Crippen molar-refractivity contribution in [3.63, 3.8) is 0 Å². The molecule has 22 heavy (non-hydrogen) atoms. The normalized spacial score (nSPS) is 22.5. The highest BCUT2D eigenvalue weighted by Gasteiger charge is 2.56. The van der Waals surface area contributed by atoms with Gasteiger partial charge in [-0.15, -0.1) is 0 Å². The maximum absolute atomic E-state index is 11.7. The number of aliphatic hydroxyl groups excluding tert-OH is 2. The van der Waals surface area contributed by atoms with Crippen LogP contribution in [0.1, 0.15) is 12.0 Å². The van der Waals surface area contributed by atoms with Gasteiger partial charge in [-0.25, -0.2) is 15.3 Å². The van der Waals surface area contributed by atoms with Crippen LogP contribution in [0.3, 0.4) is 0 Å². The quantitative estimate of drug-likeness (QED) is 0.325. The van der Waals surface area contributed by atoms with Crippen LogP contribution in [-0.4, -0.2) is 45.0 Å². The molecule has 0 spiro atoms. The molecule has 1 aliphatic rings. The summed E-state index contributed by atoms with van der Waals surface area (Å²) in [5.74, 6) is -2.48. The number of benzene rings is 1. The molecule has 0 unspecified atom stereocenters. The number of cyclic esters (lactones) is 1. The molecule has 1 aromatic carbocycles. The number of rotatable bonds is 7. The number of carbonyl (C=O) groups excluding carboxylic acids is 1. The fraction of sp³-hybridized carbons (Fsp3) is 0.357. The van der Waals surface area contributed by atoms with E-state index in [1.165, 1.54) is 0 Å². The van der Waals surface area contributed by atoms with Crippen LogP contribution < -0.4 is 0 Å². The van der Waals surface area contributed by atoms with Crippen molar-refractivity contribution < 1.29 is 40.0 Å². The van der Waals surface area contributed by atoms with E-state index >= 15 is 0 Å². The van der Waals surface area contributed by atoms with E-state index in [4.69, 9.17) is 15.3 Å². The fourth-order valence-corrected chi connectivity index (χ4v) is 2.41. The zero-order chi connectivity index (χ0) is 16.2. The third-order valence-corrected chi connectivity index (χ3v) is 3.57. The summed E-state index contributed by atoms with van der Waals surface area (Å²) in [7, 11) is 0. The van der Waals surface area contributed by atoms with Gasteiger partial charge in [0.05, 0.1) is 6.61 Å². The van der Waals surface area contributed by atoms with Crippen molar-refractivity contribution in [1.82, 2.24) is 0 Å². The molecule has 120 valence electrons. The topological polar surface area (TPSA) is 126 Å². The van der Waals surface area contributed by atoms with Gasteiger partial charge in [0.25, 0.3) is 5.76 Å². The Labute approximate surface area is 125 Å². The van der Waals surface area contributed by atoms with Crippen LogP contribution in [0.4, 0.5) is 0 Å². The highest BCUT2D eigenvalue weighted by Crippen LogP contribution is 2.40. The molecule has 4 N–H and O–H groups in total. The molecule has 0 saturated carbocycles. The van der Waals surface area contributed by atoms with Crippen molar-refractivity contribution in [3.05, 3.63) is 47.4 Å². The molecule has 0 radical (unpaired) electrons. The molecule has 0 fully saturated rings. The summed E-state index contributed by atoms with van der Waals surface area (Å²) < 4.78 is 5.04. The van der Waals surface area contributed by atoms with Crippen LogP contribution in [0.5, 0.6) is 0 Å². The minimum absolute atomic E-state index is 0.00671. The third-order valence-electron chi connectivity index (χ3n) is 3.57. The first-order valence-electron chi connectivity index (χ1n) is 6.52. The van der Waals surface area contributed by atoms with Crippen LogP contribution in [0.2, 0.25) is 0 Å². The lowest BCUT2D eigenvalue weighted by Crippen LogP contribution is -2.47. The second kappa shape index (κ2) is 6.75. The molecular weight excluding hydrogens is 296 g/mol. The van der Waals surface area contributed by atoms with Gasteiger partial charge >= 0.3 is 5.97 Å². The molecule has 1 heterocycles. The number of aryl methyl sites for hydroxylation is 1. The Bertz CT molecular complexity index is 555. The molecule has 8 nitrogen and oxygen atoms in total. The number of esters is 1. The van der Waals surface area contributed by atoms with Gasteiger partial charge in [0.1, 0.15) is 6.10 Å². The van der Waals surface area contributed by atoms with E-state index in [9.17, 15) is 15.0 Å². The van der Waals surface area contributed by atoms with E-state index in [1.807, 2.05) is 30.3 Å². The first-order valence-corrected chi connectivity index (χ1v) is 6.52. The molecule has 1 aromatic rings. The zero-order valence-corrected chi connectivity index (χ0v) is 11.5. The summed E-state index contributed by atoms with van der Waals surface area (Å²) in [6.45, 7) is -0.756. The molecule has 0 saturated heterocycles. The maximum Gasteiger partial charge on any atom is 0.382 e. The highest BCUT2D eigenvalue weighted by molar-refractivity contribution is 5.90. The average molecular weight is 312 g/mol. The molecule has 2 atom stereocenters. The van der Waals surface area contributed by atoms with E-state index in [1.54, 1.807) is 0 Å². The Balaban J connectivity index is 2.33. The minimum atomic E-state index is -1.85. The van der Waals surface area contributed by atoms with Gasteiger partial charge in [-0.05, 0) is 12.0 Å². The van der Waals surface area contributed by atoms with Crippen LogP contribution in [-0.2, 0) is 25.7 Å². The second-order valence-electron chi connectivity index (χ2n) is 4.80. The largest absolute Gasteiger partial charge is 0.442 e. The van der Waals surface area contributed by atoms with Crippen molar-refractivity contribution in [3.8, 4) is 0 Å². The van der Waals surface area contributed by atoms with Crippen molar-refractivity contribution in [2.24, 2.45) is 0 Å². The standard InChI is InChI=1S/C14H16O8/c15-8-10(16)14(7-6-9-4-2-1-3-5-9)12(22-19)11(21-18)13(17)20-14/h1-5,10,15-16,18-19H,6-8H2/t10-,14+/m0/s1. The number of ether oxygens (including phenoxy) is 1. The van der Waals surface area contributed by atoms with Crippen LogP contribution >= 0.6 is 0 Å². The Morgan fingerprint density at radius 3 is 2.41 bits per heavy atom. The van der Waals surface area contributed by atoms with E-state index in [0.29, 0.717) is 6.42 Å². The predicted octanol–water partition coefficient (Wildman–Crippen LogP) is 0.459. The summed E-state index contributed by atoms with van der Waals surface area (Å²) >= 11 is 0. The van der Waals surface area contributed by atoms with Crippen LogP contribution in [0.15, 0.2) is 41.9 Å². The molecule has 0 bridgehead atoms. The average Bonchev–Trinajstić information content (AvgIpc) is 2.85. The molecule has 2 rings (SSSR count). The monoisotopic (exact) mass is 312 g/mol. The fourth-order valence-electron chi connectivity index (χ4n) is 2.41. The van der Waals surface area contributed by atoms with Gasteiger partial charge in [0, 0.05) is 6.42 Å². The van der Waals surface area contributed by atoms with Crippen molar-refractivity contribution >= 4 is 5.97 Å². The Morgan fingerprint density at radius 2 is 1.86 bits per heavy atom. The molecule has 0 aromatic heterocycles. The van der Waals surface area contributed by atoms with Crippen molar-refractivity contribution in [2.75, 3.05) is 6.61 Å². The van der Waals surface area contributed by atoms with E-state index in [2.05, 4.69) is 9.78 Å². The van der Waals surface area contributed by atoms with E-state index < -0.39 is 35.8 Å². The smallest absolute Gasteiger partial charge is 0.382 e. The zero-order valence-electron chi connectivity index (χ0n) is 11.5. The van der Waals surface area contributed by atoms with Gasteiger partial charge in [-0.2, -0.15) is 0 Å². The Kier molecular flexibility index (Phi) is 4.99. The van der Waals surface area contributed by atoms with Gasteiger partial charge < -0.3 is 24.7 Å². The molecule has 1 aliphatic heterocycles. The van der Waals surface area contributed by atoms with E-state index in [-0.39, 0.29) is 6.42 Å². The van der Waals surface area contributed by atoms with Crippen molar-refractivity contribution in [2.45, 2.75) is 24.5 Å². The van der Waals surface area contributed by atoms with Crippen LogP contribution in [0, 0.1) is 0 Å². The highest BCUT2D eigenvalue weighted by atomic mass is 17.1. The molecular formula is C14H16O8. The minimum Gasteiger partial charge on any atom is -0.442 e. The predicted molar refractivity (Wildman–Crippen MR) is 71.1 cm³/mol. The summed E-state index contributed by atoms with van der Waals surface area (Å²) in [6.07, 6.45) is -1.24. The number of aliphatic hydroxyl groups is 2. The number of carbonyl (C=O) groups is 1. The number of hydrogen-bond acceptors (Lipinski definition) is 8. The van der Waals surface area contributed by atoms with Gasteiger partial charge in [-0.3, -0.25) is 0 Å². The Hall–Kier alpha value is -2.13. The summed E-state index contributed by atoms with van der Waals surface area (Å²) in [5.41, 5.74) is -0.979. The van der Waals surface area contributed by atoms with Gasteiger partial charge in [0.2, 0.25) is 11.4 Å². The first kappa shape index (κ1) is 16.2. The Morgan fingerprint density at radius 1 is 1.18 bits per heavy atom. The number of hydrogen-bond donors (Lipinski definition) is 4. The van der Waals surface area contributed by atoms with Gasteiger partial charge in [-0.1, -0.05) is 30.3 Å². The third kappa shape index (κ3) is 2.77. The lowest BCUT2D eigenvalue weighted by atomic mass is 9.88. The molecule has 8 heteroatoms. The van der Waals surface area contributed by atoms with Crippen molar-refractivity contribution in [1.29, 1.82) is 0 Å². The second-order valence-corrected chi connectivity index (χ2v) is 4.80. The summed E-state index contributed by atoms with van der Waals surface area (Å²) in [6, 6.07) is 9.10. The lowest BCUT2D eigenvalue weighted by Gasteiger charge is -2.31. The molecule has 0 aliphatic carbocycles. The summed E-state index contributed by atoms with van der Waals surface area (Å²) in [4.78, 5) is 19.6. The lowest BCUT2D eigenvalue weighted by molar-refractivity contribution is -0.248. The SMILES string of the molecule is O=C1O[C@](CCc2ccccc2)([C@@H](O)CO)C(OO)=C1OO. The maximum atomic E-state index is 11.7. The van der Waals surface area contributed by atoms with E-state index in [0.717, 1.165) is 5.56 Å². The molecule has 0 amide bonds. The van der Waals surface area contributed by atoms with Gasteiger partial charge in [0.15, 0.2) is 0 Å². The van der Waals surface area contributed by atoms with Crippen LogP contribution in [0.25, 0.3) is 0 Å². The first-order chi connectivity index (χ1) is 10.6. The summed E-state index contributed by atoms with van der Waals surface area (Å²) in [5, 5.41) is 36.9.